The van der Waals surface area contributed by atoms with Gasteiger partial charge in [0.25, 0.3) is 0 Å². The van der Waals surface area contributed by atoms with Gasteiger partial charge in [-0.3, -0.25) is 0 Å². The van der Waals surface area contributed by atoms with Crippen LogP contribution in [0.1, 0.15) is 26.7 Å². The van der Waals surface area contributed by atoms with Crippen molar-refractivity contribution in [3.8, 4) is 6.07 Å². The molecule has 0 saturated carbocycles. The Morgan fingerprint density at radius 1 is 1.07 bits per heavy atom. The normalized spacial score (nSPS) is 12.1. The van der Waals surface area contributed by atoms with Crippen molar-refractivity contribution in [1.82, 2.24) is 9.80 Å². The van der Waals surface area contributed by atoms with E-state index in [0.29, 0.717) is 0 Å². The van der Waals surface area contributed by atoms with Crippen LogP contribution in [-0.4, -0.2) is 50.6 Å². The first-order valence-electron chi connectivity index (χ1n) is 5.62. The highest BCUT2D eigenvalue weighted by molar-refractivity contribution is 4.91. The number of nitriles is 1. The molecule has 0 saturated heterocycles. The van der Waals surface area contributed by atoms with Crippen LogP contribution in [0.3, 0.4) is 0 Å². The Morgan fingerprint density at radius 3 is 2.13 bits per heavy atom. The molecule has 0 atom stereocenters. The van der Waals surface area contributed by atoms with Crippen molar-refractivity contribution in [3.63, 3.8) is 0 Å². The molecule has 0 aliphatic heterocycles. The number of hydrogen-bond acceptors (Lipinski definition) is 3. The zero-order valence-electron chi connectivity index (χ0n) is 10.9. The van der Waals surface area contributed by atoms with Crippen LogP contribution in [0.25, 0.3) is 0 Å². The summed E-state index contributed by atoms with van der Waals surface area (Å²) >= 11 is 0. The molecule has 3 heteroatoms. The van der Waals surface area contributed by atoms with E-state index in [9.17, 15) is 0 Å². The zero-order chi connectivity index (χ0) is 11.9. The van der Waals surface area contributed by atoms with Gasteiger partial charge in [0.15, 0.2) is 0 Å². The van der Waals surface area contributed by atoms with Gasteiger partial charge in [0.1, 0.15) is 0 Å². The molecule has 0 spiro atoms. The van der Waals surface area contributed by atoms with E-state index in [1.165, 1.54) is 0 Å². The van der Waals surface area contributed by atoms with Gasteiger partial charge in [-0.1, -0.05) is 0 Å². The van der Waals surface area contributed by atoms with Crippen LogP contribution in [0.2, 0.25) is 0 Å². The van der Waals surface area contributed by atoms with Crippen molar-refractivity contribution in [2.45, 2.75) is 26.7 Å². The van der Waals surface area contributed by atoms with Gasteiger partial charge in [-0.2, -0.15) is 5.26 Å². The largest absolute Gasteiger partial charge is 0.308 e. The maximum atomic E-state index is 8.87. The lowest BCUT2D eigenvalue weighted by atomic mass is 9.90. The van der Waals surface area contributed by atoms with Crippen molar-refractivity contribution >= 4 is 0 Å². The molecule has 3 nitrogen and oxygen atoms in total. The molecule has 0 aromatic heterocycles. The molecule has 15 heavy (non-hydrogen) atoms. The minimum absolute atomic E-state index is 0.164. The van der Waals surface area contributed by atoms with Gasteiger partial charge in [-0.05, 0) is 54.4 Å². The van der Waals surface area contributed by atoms with Gasteiger partial charge >= 0.3 is 0 Å². The van der Waals surface area contributed by atoms with Gasteiger partial charge in [0, 0.05) is 13.1 Å². The standard InChI is InChI=1S/C12H25N3/c1-12(2,11-13)7-6-8-15(5)10-9-14(3)4/h6-10H2,1-5H3. The number of rotatable bonds is 7. The van der Waals surface area contributed by atoms with Crippen LogP contribution in [-0.2, 0) is 0 Å². The number of hydrogen-bond donors (Lipinski definition) is 0. The van der Waals surface area contributed by atoms with Crippen LogP contribution in [0.15, 0.2) is 0 Å². The van der Waals surface area contributed by atoms with E-state index in [0.717, 1.165) is 32.5 Å². The maximum Gasteiger partial charge on any atom is 0.0683 e. The van der Waals surface area contributed by atoms with Gasteiger partial charge in [-0.15, -0.1) is 0 Å². The van der Waals surface area contributed by atoms with E-state index >= 15 is 0 Å². The first-order chi connectivity index (χ1) is 6.87. The van der Waals surface area contributed by atoms with Crippen molar-refractivity contribution in [2.24, 2.45) is 5.41 Å². The van der Waals surface area contributed by atoms with Crippen LogP contribution in [0.4, 0.5) is 0 Å². The topological polar surface area (TPSA) is 30.3 Å². The Kier molecular flexibility index (Phi) is 6.55. The zero-order valence-corrected chi connectivity index (χ0v) is 10.9. The lowest BCUT2D eigenvalue weighted by molar-refractivity contribution is 0.267. The predicted octanol–water partition coefficient (Wildman–Crippen LogP) is 1.81. The second-order valence-electron chi connectivity index (χ2n) is 5.21. The Morgan fingerprint density at radius 2 is 1.67 bits per heavy atom. The Balaban J connectivity index is 3.56. The van der Waals surface area contributed by atoms with E-state index in [1.54, 1.807) is 0 Å². The fourth-order valence-corrected chi connectivity index (χ4v) is 1.33. The Labute approximate surface area is 94.7 Å². The molecule has 0 amide bonds. The molecule has 0 aromatic carbocycles. The lowest BCUT2D eigenvalue weighted by Crippen LogP contribution is -2.29. The number of nitrogens with zero attached hydrogens (tertiary/aromatic N) is 3. The Hall–Kier alpha value is -0.590. The molecule has 0 radical (unpaired) electrons. The second kappa shape index (κ2) is 6.81. The summed E-state index contributed by atoms with van der Waals surface area (Å²) in [6.07, 6.45) is 2.08. The molecule has 0 aliphatic rings. The summed E-state index contributed by atoms with van der Waals surface area (Å²) < 4.78 is 0. The SMILES string of the molecule is CN(C)CCN(C)CCCC(C)(C)C#N. The maximum absolute atomic E-state index is 8.87. The van der Waals surface area contributed by atoms with Crippen LogP contribution in [0.5, 0.6) is 0 Å². The molecular weight excluding hydrogens is 186 g/mol. The highest BCUT2D eigenvalue weighted by Gasteiger charge is 2.15. The summed E-state index contributed by atoms with van der Waals surface area (Å²) in [5.74, 6) is 0. The van der Waals surface area contributed by atoms with Gasteiger partial charge in [0.05, 0.1) is 11.5 Å². The van der Waals surface area contributed by atoms with E-state index < -0.39 is 0 Å². The van der Waals surface area contributed by atoms with Gasteiger partial charge < -0.3 is 9.80 Å². The van der Waals surface area contributed by atoms with Crippen molar-refractivity contribution in [2.75, 3.05) is 40.8 Å². The molecule has 88 valence electrons. The molecule has 0 N–H and O–H groups in total. The lowest BCUT2D eigenvalue weighted by Gasteiger charge is -2.21. The summed E-state index contributed by atoms with van der Waals surface area (Å²) in [6.45, 7) is 7.29. The molecule has 0 heterocycles. The minimum atomic E-state index is -0.164. The average Bonchev–Trinajstić information content (AvgIpc) is 2.14. The predicted molar refractivity (Wildman–Crippen MR) is 64.7 cm³/mol. The summed E-state index contributed by atoms with van der Waals surface area (Å²) in [4.78, 5) is 4.52. The number of likely N-dealkylation sites (N-methyl/N-ethyl adjacent to an activating group) is 2. The van der Waals surface area contributed by atoms with Crippen LogP contribution >= 0.6 is 0 Å². The smallest absolute Gasteiger partial charge is 0.0683 e. The third kappa shape index (κ3) is 8.41. The van der Waals surface area contributed by atoms with Crippen molar-refractivity contribution < 1.29 is 0 Å². The third-order valence-corrected chi connectivity index (χ3v) is 2.57. The quantitative estimate of drug-likeness (QED) is 0.643. The summed E-state index contributed by atoms with van der Waals surface area (Å²) in [5, 5.41) is 8.87. The van der Waals surface area contributed by atoms with E-state index in [2.05, 4.69) is 37.0 Å². The van der Waals surface area contributed by atoms with Crippen LogP contribution < -0.4 is 0 Å². The van der Waals surface area contributed by atoms with Gasteiger partial charge in [0.2, 0.25) is 0 Å². The van der Waals surface area contributed by atoms with Gasteiger partial charge in [-0.25, -0.2) is 0 Å². The monoisotopic (exact) mass is 211 g/mol. The summed E-state index contributed by atoms with van der Waals surface area (Å²) in [7, 11) is 6.32. The average molecular weight is 211 g/mol. The molecule has 0 aromatic rings. The Bertz CT molecular complexity index is 203. The van der Waals surface area contributed by atoms with Crippen LogP contribution in [0, 0.1) is 16.7 Å². The first kappa shape index (κ1) is 14.4. The van der Waals surface area contributed by atoms with E-state index in [-0.39, 0.29) is 5.41 Å². The molecule has 0 unspecified atom stereocenters. The molecular formula is C12H25N3. The van der Waals surface area contributed by atoms with E-state index in [4.69, 9.17) is 5.26 Å². The molecule has 0 bridgehead atoms. The fraction of sp³-hybridized carbons (Fsp3) is 0.917. The molecule has 0 aliphatic carbocycles. The highest BCUT2D eigenvalue weighted by atomic mass is 15.1. The first-order valence-corrected chi connectivity index (χ1v) is 5.62. The molecule has 0 fully saturated rings. The molecule has 0 rings (SSSR count). The van der Waals surface area contributed by atoms with E-state index in [1.807, 2.05) is 13.8 Å². The minimum Gasteiger partial charge on any atom is -0.308 e. The third-order valence-electron chi connectivity index (χ3n) is 2.57. The second-order valence-corrected chi connectivity index (χ2v) is 5.21. The fourth-order valence-electron chi connectivity index (χ4n) is 1.33. The van der Waals surface area contributed by atoms with Crippen molar-refractivity contribution in [1.29, 1.82) is 5.26 Å². The highest BCUT2D eigenvalue weighted by Crippen LogP contribution is 2.20. The summed E-state index contributed by atoms with van der Waals surface area (Å²) in [6, 6.07) is 2.34. The summed E-state index contributed by atoms with van der Waals surface area (Å²) in [5.41, 5.74) is -0.164. The van der Waals surface area contributed by atoms with Crippen molar-refractivity contribution in [3.05, 3.63) is 0 Å².